The van der Waals surface area contributed by atoms with E-state index in [1.165, 1.54) is 0 Å². The Labute approximate surface area is 69.0 Å². The van der Waals surface area contributed by atoms with Crippen LogP contribution in [0, 0.1) is 12.3 Å². The first kappa shape index (κ1) is 10.5. The van der Waals surface area contributed by atoms with Gasteiger partial charge in [-0.05, 0) is 13.3 Å². The molecule has 0 radical (unpaired) electrons. The zero-order valence-electron chi connectivity index (χ0n) is 7.30. The number of aliphatic hydroxyl groups is 1. The summed E-state index contributed by atoms with van der Waals surface area (Å²) in [4.78, 5) is 0. The van der Waals surface area contributed by atoms with E-state index in [0.717, 1.165) is 12.8 Å². The van der Waals surface area contributed by atoms with Gasteiger partial charge in [0.15, 0.2) is 0 Å². The molecular weight excluding hydrogens is 138 g/mol. The smallest absolute Gasteiger partial charge is 0.0664 e. The van der Waals surface area contributed by atoms with Gasteiger partial charge in [0, 0.05) is 6.54 Å². The van der Waals surface area contributed by atoms with Crippen molar-refractivity contribution in [2.75, 3.05) is 6.54 Å². The molecular formula is C9H17NO. The number of hydrogen-bond acceptors (Lipinski definition) is 2. The van der Waals surface area contributed by atoms with Crippen LogP contribution >= 0.6 is 0 Å². The molecule has 0 saturated carbocycles. The molecule has 2 nitrogen and oxygen atoms in total. The van der Waals surface area contributed by atoms with Crippen molar-refractivity contribution in [2.24, 2.45) is 0 Å². The summed E-state index contributed by atoms with van der Waals surface area (Å²) in [5.41, 5.74) is 0. The lowest BCUT2D eigenvalue weighted by Gasteiger charge is -2.12. The Balaban J connectivity index is 3.31. The lowest BCUT2D eigenvalue weighted by Crippen LogP contribution is -2.32. The number of rotatable bonds is 5. The quantitative estimate of drug-likeness (QED) is 0.574. The van der Waals surface area contributed by atoms with Crippen LogP contribution in [0.15, 0.2) is 0 Å². The maximum Gasteiger partial charge on any atom is 0.0664 e. The maximum absolute atomic E-state index is 9.26. The Kier molecular flexibility index (Phi) is 5.91. The molecule has 0 spiro atoms. The largest absolute Gasteiger partial charge is 0.392 e. The molecule has 0 heterocycles. The molecule has 0 saturated heterocycles. The van der Waals surface area contributed by atoms with Crippen LogP contribution in [0.2, 0.25) is 0 Å². The fourth-order valence-electron chi connectivity index (χ4n) is 0.807. The molecule has 0 fully saturated rings. The van der Waals surface area contributed by atoms with Crippen molar-refractivity contribution in [1.82, 2.24) is 5.32 Å². The zero-order valence-corrected chi connectivity index (χ0v) is 7.30. The van der Waals surface area contributed by atoms with E-state index in [1.807, 2.05) is 13.8 Å². The highest BCUT2D eigenvalue weighted by atomic mass is 16.3. The summed E-state index contributed by atoms with van der Waals surface area (Å²) >= 11 is 0. The minimum atomic E-state index is -0.254. The van der Waals surface area contributed by atoms with Gasteiger partial charge in [0.2, 0.25) is 0 Å². The average Bonchev–Trinajstić information content (AvgIpc) is 2.01. The Hall–Kier alpha value is -0.520. The van der Waals surface area contributed by atoms with Crippen LogP contribution < -0.4 is 5.32 Å². The van der Waals surface area contributed by atoms with Crippen molar-refractivity contribution in [3.8, 4) is 12.3 Å². The second-order valence-electron chi connectivity index (χ2n) is 2.74. The summed E-state index contributed by atoms with van der Waals surface area (Å²) < 4.78 is 0. The summed E-state index contributed by atoms with van der Waals surface area (Å²) in [6.07, 6.45) is 6.73. The van der Waals surface area contributed by atoms with Crippen LogP contribution in [0.3, 0.4) is 0 Å². The highest BCUT2D eigenvalue weighted by Crippen LogP contribution is 1.94. The number of nitrogens with one attached hydrogen (secondary N) is 1. The number of hydrogen-bond donors (Lipinski definition) is 2. The molecule has 0 aromatic rings. The molecule has 2 heteroatoms. The second kappa shape index (κ2) is 6.21. The van der Waals surface area contributed by atoms with Crippen LogP contribution in [-0.4, -0.2) is 23.8 Å². The Morgan fingerprint density at radius 2 is 2.27 bits per heavy atom. The SMILES string of the molecule is C#CC(C)NCC(O)CCC. The lowest BCUT2D eigenvalue weighted by molar-refractivity contribution is 0.159. The van der Waals surface area contributed by atoms with Gasteiger partial charge in [-0.2, -0.15) is 0 Å². The highest BCUT2D eigenvalue weighted by Gasteiger charge is 2.02. The third-order valence-electron chi connectivity index (χ3n) is 1.53. The van der Waals surface area contributed by atoms with E-state index in [9.17, 15) is 5.11 Å². The molecule has 0 amide bonds. The molecule has 0 aromatic carbocycles. The van der Waals surface area contributed by atoms with Gasteiger partial charge in [-0.1, -0.05) is 19.3 Å². The molecule has 0 aliphatic heterocycles. The molecule has 0 aliphatic carbocycles. The molecule has 64 valence electrons. The molecule has 0 bridgehead atoms. The van der Waals surface area contributed by atoms with Crippen molar-refractivity contribution in [3.63, 3.8) is 0 Å². The zero-order chi connectivity index (χ0) is 8.69. The minimum absolute atomic E-state index is 0.0570. The van der Waals surface area contributed by atoms with E-state index in [4.69, 9.17) is 6.42 Å². The predicted octanol–water partition coefficient (Wildman–Crippen LogP) is 0.759. The molecule has 11 heavy (non-hydrogen) atoms. The van der Waals surface area contributed by atoms with Gasteiger partial charge >= 0.3 is 0 Å². The molecule has 2 N–H and O–H groups in total. The molecule has 2 atom stereocenters. The third kappa shape index (κ3) is 5.90. The molecule has 0 rings (SSSR count). The van der Waals surface area contributed by atoms with Crippen molar-refractivity contribution >= 4 is 0 Å². The monoisotopic (exact) mass is 155 g/mol. The predicted molar refractivity (Wildman–Crippen MR) is 47.2 cm³/mol. The Bertz CT molecular complexity index is 128. The van der Waals surface area contributed by atoms with Gasteiger partial charge < -0.3 is 10.4 Å². The summed E-state index contributed by atoms with van der Waals surface area (Å²) in [6, 6.07) is 0.0570. The second-order valence-corrected chi connectivity index (χ2v) is 2.74. The minimum Gasteiger partial charge on any atom is -0.392 e. The molecule has 0 aliphatic rings. The van der Waals surface area contributed by atoms with E-state index in [-0.39, 0.29) is 12.1 Å². The van der Waals surface area contributed by atoms with E-state index in [2.05, 4.69) is 11.2 Å². The van der Waals surface area contributed by atoms with Crippen molar-refractivity contribution in [1.29, 1.82) is 0 Å². The average molecular weight is 155 g/mol. The summed E-state index contributed by atoms with van der Waals surface area (Å²) in [6.45, 7) is 4.55. The number of terminal acetylenes is 1. The topological polar surface area (TPSA) is 32.3 Å². The third-order valence-corrected chi connectivity index (χ3v) is 1.53. The van der Waals surface area contributed by atoms with E-state index >= 15 is 0 Å². The van der Waals surface area contributed by atoms with Crippen molar-refractivity contribution in [2.45, 2.75) is 38.8 Å². The van der Waals surface area contributed by atoms with Crippen LogP contribution in [-0.2, 0) is 0 Å². The van der Waals surface area contributed by atoms with Gasteiger partial charge in [-0.25, -0.2) is 0 Å². The summed E-state index contributed by atoms with van der Waals surface area (Å²) in [7, 11) is 0. The van der Waals surface area contributed by atoms with Gasteiger partial charge in [0.25, 0.3) is 0 Å². The first-order valence-electron chi connectivity index (χ1n) is 4.08. The first-order chi connectivity index (χ1) is 5.20. The van der Waals surface area contributed by atoms with Crippen LogP contribution in [0.4, 0.5) is 0 Å². The number of aliphatic hydroxyl groups excluding tert-OH is 1. The fourth-order valence-corrected chi connectivity index (χ4v) is 0.807. The van der Waals surface area contributed by atoms with Crippen LogP contribution in [0.5, 0.6) is 0 Å². The Morgan fingerprint density at radius 1 is 1.64 bits per heavy atom. The molecule has 2 unspecified atom stereocenters. The van der Waals surface area contributed by atoms with Gasteiger partial charge in [-0.15, -0.1) is 6.42 Å². The van der Waals surface area contributed by atoms with Crippen molar-refractivity contribution < 1.29 is 5.11 Å². The fraction of sp³-hybridized carbons (Fsp3) is 0.778. The highest BCUT2D eigenvalue weighted by molar-refractivity contribution is 4.95. The standard InChI is InChI=1S/C9H17NO/c1-4-6-9(11)7-10-8(3)5-2/h2,8-11H,4,6-7H2,1,3H3. The van der Waals surface area contributed by atoms with Gasteiger partial charge in [0.1, 0.15) is 0 Å². The maximum atomic E-state index is 9.26. The van der Waals surface area contributed by atoms with Crippen LogP contribution in [0.1, 0.15) is 26.7 Å². The summed E-state index contributed by atoms with van der Waals surface area (Å²) in [5, 5.41) is 12.3. The van der Waals surface area contributed by atoms with E-state index in [1.54, 1.807) is 0 Å². The summed E-state index contributed by atoms with van der Waals surface area (Å²) in [5.74, 6) is 2.54. The van der Waals surface area contributed by atoms with Crippen LogP contribution in [0.25, 0.3) is 0 Å². The van der Waals surface area contributed by atoms with Crippen molar-refractivity contribution in [3.05, 3.63) is 0 Å². The molecule has 0 aromatic heterocycles. The van der Waals surface area contributed by atoms with Gasteiger partial charge in [0.05, 0.1) is 12.1 Å². The van der Waals surface area contributed by atoms with E-state index < -0.39 is 0 Å². The first-order valence-corrected chi connectivity index (χ1v) is 4.08. The normalized spacial score (nSPS) is 15.5. The van der Waals surface area contributed by atoms with Gasteiger partial charge in [-0.3, -0.25) is 0 Å². The lowest BCUT2D eigenvalue weighted by atomic mass is 10.2. The van der Waals surface area contributed by atoms with E-state index in [0.29, 0.717) is 6.54 Å². The Morgan fingerprint density at radius 3 is 2.73 bits per heavy atom.